The van der Waals surface area contributed by atoms with Crippen molar-refractivity contribution in [3.8, 4) is 11.5 Å². The van der Waals surface area contributed by atoms with Crippen molar-refractivity contribution in [2.75, 3.05) is 24.3 Å². The number of aryl methyl sites for hydroxylation is 1. The van der Waals surface area contributed by atoms with Crippen LogP contribution in [0.5, 0.6) is 11.5 Å². The highest BCUT2D eigenvalue weighted by Gasteiger charge is 2.18. The standard InChI is InChI=1S/C13H13N3O4/c1-7-4-12(20-16-7)13(17)15-9-6-11-10(5-8(9)14)18-2-3-19-11/h4-6H,2-3,14H2,1H3,(H,15,17). The number of nitrogens with one attached hydrogen (secondary N) is 1. The summed E-state index contributed by atoms with van der Waals surface area (Å²) in [6.07, 6.45) is 0. The van der Waals surface area contributed by atoms with Gasteiger partial charge in [-0.15, -0.1) is 0 Å². The van der Waals surface area contributed by atoms with E-state index in [-0.39, 0.29) is 5.76 Å². The van der Waals surface area contributed by atoms with E-state index in [0.29, 0.717) is 41.8 Å². The van der Waals surface area contributed by atoms with Gasteiger partial charge in [0.2, 0.25) is 5.76 Å². The van der Waals surface area contributed by atoms with Crippen LogP contribution in [0.4, 0.5) is 11.4 Å². The molecule has 7 heteroatoms. The molecule has 0 spiro atoms. The zero-order chi connectivity index (χ0) is 14.1. The van der Waals surface area contributed by atoms with E-state index in [1.165, 1.54) is 0 Å². The monoisotopic (exact) mass is 275 g/mol. The molecule has 104 valence electrons. The van der Waals surface area contributed by atoms with E-state index >= 15 is 0 Å². The van der Waals surface area contributed by atoms with E-state index in [9.17, 15) is 4.79 Å². The first-order chi connectivity index (χ1) is 9.63. The van der Waals surface area contributed by atoms with Crippen LogP contribution in [0.3, 0.4) is 0 Å². The Labute approximate surface area is 114 Å². The summed E-state index contributed by atoms with van der Waals surface area (Å²) < 4.78 is 15.7. The second kappa shape index (κ2) is 4.76. The number of anilines is 2. The third-order valence-electron chi connectivity index (χ3n) is 2.81. The van der Waals surface area contributed by atoms with Crippen molar-refractivity contribution in [3.05, 3.63) is 29.7 Å². The Morgan fingerprint density at radius 2 is 1.95 bits per heavy atom. The second-order valence-corrected chi connectivity index (χ2v) is 4.37. The van der Waals surface area contributed by atoms with Crippen LogP contribution in [-0.2, 0) is 0 Å². The highest BCUT2D eigenvalue weighted by Crippen LogP contribution is 2.37. The number of fused-ring (bicyclic) bond motifs is 1. The molecule has 20 heavy (non-hydrogen) atoms. The Morgan fingerprint density at radius 1 is 1.25 bits per heavy atom. The Hall–Kier alpha value is -2.70. The van der Waals surface area contributed by atoms with Gasteiger partial charge in [0.15, 0.2) is 11.5 Å². The Morgan fingerprint density at radius 3 is 2.60 bits per heavy atom. The van der Waals surface area contributed by atoms with Crippen LogP contribution in [-0.4, -0.2) is 24.3 Å². The average molecular weight is 275 g/mol. The molecule has 0 bridgehead atoms. The number of hydrogen-bond acceptors (Lipinski definition) is 6. The molecule has 0 atom stereocenters. The molecule has 1 aromatic carbocycles. The summed E-state index contributed by atoms with van der Waals surface area (Å²) in [7, 11) is 0. The maximum Gasteiger partial charge on any atom is 0.294 e. The maximum absolute atomic E-state index is 12.0. The number of carbonyl (C=O) groups excluding carboxylic acids is 1. The lowest BCUT2D eigenvalue weighted by atomic mass is 10.2. The third kappa shape index (κ3) is 2.25. The van der Waals surface area contributed by atoms with Crippen molar-refractivity contribution < 1.29 is 18.8 Å². The van der Waals surface area contributed by atoms with Crippen LogP contribution in [0.15, 0.2) is 22.7 Å². The van der Waals surface area contributed by atoms with Crippen LogP contribution >= 0.6 is 0 Å². The van der Waals surface area contributed by atoms with E-state index in [1.54, 1.807) is 25.1 Å². The van der Waals surface area contributed by atoms with Crippen molar-refractivity contribution in [1.29, 1.82) is 0 Å². The lowest BCUT2D eigenvalue weighted by Crippen LogP contribution is -2.17. The van der Waals surface area contributed by atoms with Crippen molar-refractivity contribution in [2.45, 2.75) is 6.92 Å². The first-order valence-corrected chi connectivity index (χ1v) is 6.07. The summed E-state index contributed by atoms with van der Waals surface area (Å²) in [6, 6.07) is 4.80. The van der Waals surface area contributed by atoms with Gasteiger partial charge in [-0.05, 0) is 6.92 Å². The molecule has 2 heterocycles. The third-order valence-corrected chi connectivity index (χ3v) is 2.81. The van der Waals surface area contributed by atoms with Crippen molar-refractivity contribution in [1.82, 2.24) is 5.16 Å². The first-order valence-electron chi connectivity index (χ1n) is 6.07. The van der Waals surface area contributed by atoms with Crippen LogP contribution in [0, 0.1) is 6.92 Å². The molecule has 0 radical (unpaired) electrons. The smallest absolute Gasteiger partial charge is 0.294 e. The number of ether oxygens (including phenoxy) is 2. The zero-order valence-electron chi connectivity index (χ0n) is 10.8. The van der Waals surface area contributed by atoms with Gasteiger partial charge in [0.05, 0.1) is 17.1 Å². The van der Waals surface area contributed by atoms with Gasteiger partial charge >= 0.3 is 0 Å². The van der Waals surface area contributed by atoms with E-state index in [0.717, 1.165) is 0 Å². The highest BCUT2D eigenvalue weighted by atomic mass is 16.6. The minimum Gasteiger partial charge on any atom is -0.486 e. The maximum atomic E-state index is 12.0. The molecule has 1 aliphatic heterocycles. The lowest BCUT2D eigenvalue weighted by molar-refractivity contribution is 0.0988. The van der Waals surface area contributed by atoms with Gasteiger partial charge in [0.1, 0.15) is 13.2 Å². The zero-order valence-corrected chi connectivity index (χ0v) is 10.8. The predicted molar refractivity (Wildman–Crippen MR) is 71.0 cm³/mol. The van der Waals surface area contributed by atoms with Crippen molar-refractivity contribution in [2.24, 2.45) is 0 Å². The minimum absolute atomic E-state index is 0.122. The normalized spacial score (nSPS) is 13.1. The fourth-order valence-electron chi connectivity index (χ4n) is 1.87. The largest absolute Gasteiger partial charge is 0.486 e. The summed E-state index contributed by atoms with van der Waals surface area (Å²) in [4.78, 5) is 12.0. The van der Waals surface area contributed by atoms with E-state index in [1.807, 2.05) is 0 Å². The van der Waals surface area contributed by atoms with Crippen LogP contribution < -0.4 is 20.5 Å². The number of rotatable bonds is 2. The van der Waals surface area contributed by atoms with Gasteiger partial charge in [-0.1, -0.05) is 5.16 Å². The van der Waals surface area contributed by atoms with Gasteiger partial charge in [-0.3, -0.25) is 4.79 Å². The van der Waals surface area contributed by atoms with Gasteiger partial charge in [0, 0.05) is 18.2 Å². The number of amides is 1. The molecular weight excluding hydrogens is 262 g/mol. The summed E-state index contributed by atoms with van der Waals surface area (Å²) >= 11 is 0. The molecule has 0 unspecified atom stereocenters. The van der Waals surface area contributed by atoms with Crippen molar-refractivity contribution in [3.63, 3.8) is 0 Å². The molecule has 7 nitrogen and oxygen atoms in total. The highest BCUT2D eigenvalue weighted by molar-refractivity contribution is 6.04. The first kappa shape index (κ1) is 12.3. The average Bonchev–Trinajstić information content (AvgIpc) is 2.86. The molecule has 1 aromatic heterocycles. The SMILES string of the molecule is Cc1cc(C(=O)Nc2cc3c(cc2N)OCCO3)on1. The topological polar surface area (TPSA) is 99.6 Å². The summed E-state index contributed by atoms with van der Waals surface area (Å²) in [5, 5.41) is 6.32. The van der Waals surface area contributed by atoms with Gasteiger partial charge in [-0.25, -0.2) is 0 Å². The molecule has 0 saturated carbocycles. The van der Waals surface area contributed by atoms with E-state index < -0.39 is 5.91 Å². The fourth-order valence-corrected chi connectivity index (χ4v) is 1.87. The predicted octanol–water partition coefficient (Wildman–Crippen LogP) is 1.59. The Balaban J connectivity index is 1.85. The quantitative estimate of drug-likeness (QED) is 0.807. The number of nitrogens with two attached hydrogens (primary N) is 1. The number of hydrogen-bond donors (Lipinski definition) is 2. The van der Waals surface area contributed by atoms with Gasteiger partial charge in [-0.2, -0.15) is 0 Å². The molecular formula is C13H13N3O4. The molecule has 1 aliphatic rings. The molecule has 0 fully saturated rings. The van der Waals surface area contributed by atoms with Crippen LogP contribution in [0.1, 0.15) is 16.2 Å². The lowest BCUT2D eigenvalue weighted by Gasteiger charge is -2.20. The van der Waals surface area contributed by atoms with Gasteiger partial charge < -0.3 is 25.0 Å². The molecule has 2 aromatic rings. The molecule has 1 amide bonds. The van der Waals surface area contributed by atoms with Gasteiger partial charge in [0.25, 0.3) is 5.91 Å². The number of carbonyl (C=O) groups is 1. The number of nitrogen functional groups attached to an aromatic ring is 1. The number of aromatic nitrogens is 1. The minimum atomic E-state index is -0.422. The van der Waals surface area contributed by atoms with E-state index in [4.69, 9.17) is 19.7 Å². The Kier molecular flexibility index (Phi) is 2.94. The second-order valence-electron chi connectivity index (χ2n) is 4.37. The summed E-state index contributed by atoms with van der Waals surface area (Å²) in [5.74, 6) is 0.822. The number of benzene rings is 1. The van der Waals surface area contributed by atoms with Crippen molar-refractivity contribution >= 4 is 17.3 Å². The van der Waals surface area contributed by atoms with Crippen LogP contribution in [0.25, 0.3) is 0 Å². The molecule has 3 rings (SSSR count). The molecule has 0 saturated heterocycles. The van der Waals surface area contributed by atoms with E-state index in [2.05, 4.69) is 10.5 Å². The van der Waals surface area contributed by atoms with Crippen LogP contribution in [0.2, 0.25) is 0 Å². The fraction of sp³-hybridized carbons (Fsp3) is 0.231. The summed E-state index contributed by atoms with van der Waals surface area (Å²) in [6.45, 7) is 2.68. The molecule has 3 N–H and O–H groups in total. The summed E-state index contributed by atoms with van der Waals surface area (Å²) in [5.41, 5.74) is 7.34. The molecule has 0 aliphatic carbocycles. The Bertz CT molecular complexity index is 666. The number of nitrogens with zero attached hydrogens (tertiary/aromatic N) is 1.